The van der Waals surface area contributed by atoms with Crippen LogP contribution in [0.5, 0.6) is 5.75 Å². The van der Waals surface area contributed by atoms with Crippen LogP contribution in [0, 0.1) is 5.92 Å². The topological polar surface area (TPSA) is 47.3 Å². The van der Waals surface area contributed by atoms with Gasteiger partial charge in [-0.3, -0.25) is 0 Å². The van der Waals surface area contributed by atoms with E-state index in [0.29, 0.717) is 12.0 Å². The number of nitrogens with one attached hydrogen (secondary N) is 1. The number of rotatable bonds is 5. The molecule has 0 saturated carbocycles. The van der Waals surface area contributed by atoms with E-state index in [1.54, 1.807) is 0 Å². The minimum Gasteiger partial charge on any atom is -0.493 e. The second-order valence-electron chi connectivity index (χ2n) is 5.50. The molecule has 3 heteroatoms. The van der Waals surface area contributed by atoms with Crippen LogP contribution in [0.4, 0.5) is 0 Å². The summed E-state index contributed by atoms with van der Waals surface area (Å²) in [7, 11) is 0. The summed E-state index contributed by atoms with van der Waals surface area (Å²) in [6.45, 7) is 6.15. The van der Waals surface area contributed by atoms with Crippen LogP contribution in [0.25, 0.3) is 0 Å². The van der Waals surface area contributed by atoms with Gasteiger partial charge in [0, 0.05) is 12.1 Å². The molecule has 0 aromatic heterocycles. The van der Waals surface area contributed by atoms with Crippen LogP contribution >= 0.6 is 0 Å². The van der Waals surface area contributed by atoms with Gasteiger partial charge in [-0.1, -0.05) is 26.0 Å². The Hall–Kier alpha value is -1.06. The Morgan fingerprint density at radius 2 is 2.06 bits per heavy atom. The van der Waals surface area contributed by atoms with E-state index in [-0.39, 0.29) is 6.04 Å². The van der Waals surface area contributed by atoms with Gasteiger partial charge < -0.3 is 15.8 Å². The molecule has 2 rings (SSSR count). The summed E-state index contributed by atoms with van der Waals surface area (Å²) in [5, 5.41) is 3.45. The van der Waals surface area contributed by atoms with Gasteiger partial charge in [0.05, 0.1) is 6.61 Å². The zero-order valence-corrected chi connectivity index (χ0v) is 11.4. The van der Waals surface area contributed by atoms with Crippen molar-refractivity contribution >= 4 is 0 Å². The quantitative estimate of drug-likeness (QED) is 0.841. The third kappa shape index (κ3) is 3.47. The lowest BCUT2D eigenvalue weighted by Crippen LogP contribution is -2.34. The number of nitrogens with two attached hydrogens (primary N) is 1. The molecule has 0 radical (unpaired) electrons. The van der Waals surface area contributed by atoms with Gasteiger partial charge in [-0.05, 0) is 43.0 Å². The van der Waals surface area contributed by atoms with E-state index in [4.69, 9.17) is 10.5 Å². The lowest BCUT2D eigenvalue weighted by molar-refractivity contribution is 0.271. The van der Waals surface area contributed by atoms with Gasteiger partial charge in [0.25, 0.3) is 0 Å². The van der Waals surface area contributed by atoms with E-state index in [1.807, 2.05) is 12.1 Å². The Balaban J connectivity index is 1.93. The highest BCUT2D eigenvalue weighted by Gasteiger charge is 2.22. The van der Waals surface area contributed by atoms with Gasteiger partial charge in [-0.15, -0.1) is 0 Å². The first-order valence-electron chi connectivity index (χ1n) is 6.88. The zero-order valence-electron chi connectivity index (χ0n) is 11.4. The second-order valence-corrected chi connectivity index (χ2v) is 5.50. The van der Waals surface area contributed by atoms with Crippen molar-refractivity contribution in [3.63, 3.8) is 0 Å². The Labute approximate surface area is 110 Å². The lowest BCUT2D eigenvalue weighted by atomic mass is 9.99. The third-order valence-corrected chi connectivity index (χ3v) is 3.38. The summed E-state index contributed by atoms with van der Waals surface area (Å²) >= 11 is 0. The molecule has 3 N–H and O–H groups in total. The van der Waals surface area contributed by atoms with Crippen molar-refractivity contribution in [2.75, 3.05) is 13.2 Å². The normalized spacial score (nSPS) is 21.2. The molecule has 1 heterocycles. The van der Waals surface area contributed by atoms with Crippen LogP contribution in [-0.2, 0) is 0 Å². The summed E-state index contributed by atoms with van der Waals surface area (Å²) in [5.74, 6) is 1.48. The smallest absolute Gasteiger partial charge is 0.119 e. The fourth-order valence-corrected chi connectivity index (χ4v) is 2.30. The van der Waals surface area contributed by atoms with Crippen molar-refractivity contribution in [3.8, 4) is 5.75 Å². The summed E-state index contributed by atoms with van der Waals surface area (Å²) < 4.78 is 5.67. The van der Waals surface area contributed by atoms with Gasteiger partial charge in [-0.25, -0.2) is 0 Å². The van der Waals surface area contributed by atoms with Crippen LogP contribution in [0.2, 0.25) is 0 Å². The SMILES string of the molecule is CC(C)COc1ccc(C(N)C2CCCN2)cc1. The Morgan fingerprint density at radius 3 is 2.61 bits per heavy atom. The molecule has 1 aromatic rings. The Morgan fingerprint density at radius 1 is 1.33 bits per heavy atom. The molecular formula is C15H24N2O. The van der Waals surface area contributed by atoms with Crippen molar-refractivity contribution in [2.45, 2.75) is 38.8 Å². The van der Waals surface area contributed by atoms with Gasteiger partial charge in [-0.2, -0.15) is 0 Å². The molecule has 18 heavy (non-hydrogen) atoms. The maximum Gasteiger partial charge on any atom is 0.119 e. The first-order valence-corrected chi connectivity index (χ1v) is 6.88. The zero-order chi connectivity index (χ0) is 13.0. The van der Waals surface area contributed by atoms with E-state index in [1.165, 1.54) is 18.4 Å². The van der Waals surface area contributed by atoms with Crippen molar-refractivity contribution in [1.29, 1.82) is 0 Å². The van der Waals surface area contributed by atoms with Crippen LogP contribution in [0.15, 0.2) is 24.3 Å². The highest BCUT2D eigenvalue weighted by Crippen LogP contribution is 2.23. The maximum atomic E-state index is 6.27. The average Bonchev–Trinajstić information content (AvgIpc) is 2.90. The van der Waals surface area contributed by atoms with Gasteiger partial charge in [0.2, 0.25) is 0 Å². The fourth-order valence-electron chi connectivity index (χ4n) is 2.30. The number of benzene rings is 1. The maximum absolute atomic E-state index is 6.27. The molecule has 0 bridgehead atoms. The minimum absolute atomic E-state index is 0.0895. The van der Waals surface area contributed by atoms with Gasteiger partial charge in [0.15, 0.2) is 0 Å². The van der Waals surface area contributed by atoms with Gasteiger partial charge in [0.1, 0.15) is 5.75 Å². The molecule has 2 unspecified atom stereocenters. The summed E-state index contributed by atoms with van der Waals surface area (Å²) in [6.07, 6.45) is 2.40. The van der Waals surface area contributed by atoms with E-state index >= 15 is 0 Å². The van der Waals surface area contributed by atoms with E-state index < -0.39 is 0 Å². The monoisotopic (exact) mass is 248 g/mol. The van der Waals surface area contributed by atoms with Crippen molar-refractivity contribution in [3.05, 3.63) is 29.8 Å². The van der Waals surface area contributed by atoms with Crippen LogP contribution in [0.1, 0.15) is 38.3 Å². The average molecular weight is 248 g/mol. The number of hydrogen-bond acceptors (Lipinski definition) is 3. The number of hydrogen-bond donors (Lipinski definition) is 2. The lowest BCUT2D eigenvalue weighted by Gasteiger charge is -2.20. The molecule has 0 aliphatic carbocycles. The first kappa shape index (κ1) is 13.4. The predicted molar refractivity (Wildman–Crippen MR) is 74.7 cm³/mol. The third-order valence-electron chi connectivity index (χ3n) is 3.38. The highest BCUT2D eigenvalue weighted by atomic mass is 16.5. The van der Waals surface area contributed by atoms with Crippen molar-refractivity contribution in [1.82, 2.24) is 5.32 Å². The van der Waals surface area contributed by atoms with Crippen LogP contribution in [-0.4, -0.2) is 19.2 Å². The molecule has 2 atom stereocenters. The highest BCUT2D eigenvalue weighted by molar-refractivity contribution is 5.30. The van der Waals surface area contributed by atoms with E-state index in [9.17, 15) is 0 Å². The van der Waals surface area contributed by atoms with Gasteiger partial charge >= 0.3 is 0 Å². The molecule has 1 saturated heterocycles. The van der Waals surface area contributed by atoms with E-state index in [2.05, 4.69) is 31.3 Å². The minimum atomic E-state index is 0.0895. The molecule has 1 fully saturated rings. The van der Waals surface area contributed by atoms with Crippen molar-refractivity contribution in [2.24, 2.45) is 11.7 Å². The van der Waals surface area contributed by atoms with E-state index in [0.717, 1.165) is 18.9 Å². The molecular weight excluding hydrogens is 224 g/mol. The molecule has 0 amide bonds. The molecule has 100 valence electrons. The summed E-state index contributed by atoms with van der Waals surface area (Å²) in [5.41, 5.74) is 7.46. The molecule has 0 spiro atoms. The Kier molecular flexibility index (Phi) is 4.61. The van der Waals surface area contributed by atoms with Crippen LogP contribution < -0.4 is 15.8 Å². The summed E-state index contributed by atoms with van der Waals surface area (Å²) in [4.78, 5) is 0. The fraction of sp³-hybridized carbons (Fsp3) is 0.600. The summed E-state index contributed by atoms with van der Waals surface area (Å²) in [6, 6.07) is 8.72. The Bertz CT molecular complexity index is 355. The second kappa shape index (κ2) is 6.21. The van der Waals surface area contributed by atoms with Crippen LogP contribution in [0.3, 0.4) is 0 Å². The number of ether oxygens (including phenoxy) is 1. The molecule has 1 aliphatic heterocycles. The predicted octanol–water partition coefficient (Wildman–Crippen LogP) is 2.47. The first-order chi connectivity index (χ1) is 8.66. The molecule has 1 aliphatic rings. The standard InChI is InChI=1S/C15H24N2O/c1-11(2)10-18-13-7-5-12(6-8-13)15(16)14-4-3-9-17-14/h5-8,11,14-15,17H,3-4,9-10,16H2,1-2H3. The molecule has 3 nitrogen and oxygen atoms in total. The van der Waals surface area contributed by atoms with Crippen molar-refractivity contribution < 1.29 is 4.74 Å². The molecule has 1 aromatic carbocycles. The largest absolute Gasteiger partial charge is 0.493 e.